The van der Waals surface area contributed by atoms with Gasteiger partial charge in [0.1, 0.15) is 18.8 Å². The van der Waals surface area contributed by atoms with Gasteiger partial charge >= 0.3 is 17.9 Å². The van der Waals surface area contributed by atoms with Gasteiger partial charge in [0.25, 0.3) is 0 Å². The van der Waals surface area contributed by atoms with Crippen LogP contribution in [0.3, 0.4) is 0 Å². The SMILES string of the molecule is C=CC(=O)OCC(C)(C)COCC(=O)N1CCCC[C@H]1C(=O)O[C@H](CCc1ccc(OC)c(OC)c1)c1cncc(NC(=O)CCC(=O)O)c1. The lowest BCUT2D eigenvalue weighted by Gasteiger charge is -2.35. The zero-order chi connectivity index (χ0) is 36.7. The third-order valence-electron chi connectivity index (χ3n) is 7.97. The van der Waals surface area contributed by atoms with Crippen molar-refractivity contribution in [2.45, 2.75) is 70.9 Å². The highest BCUT2D eigenvalue weighted by molar-refractivity contribution is 5.92. The summed E-state index contributed by atoms with van der Waals surface area (Å²) in [5.41, 5.74) is 1.16. The average Bonchev–Trinajstić information content (AvgIpc) is 3.11. The zero-order valence-corrected chi connectivity index (χ0v) is 29.1. The van der Waals surface area contributed by atoms with Crippen molar-refractivity contribution in [3.05, 3.63) is 60.4 Å². The van der Waals surface area contributed by atoms with Crippen LogP contribution in [-0.2, 0) is 44.6 Å². The van der Waals surface area contributed by atoms with Gasteiger partial charge in [-0.3, -0.25) is 19.4 Å². The molecule has 2 heterocycles. The number of pyridine rings is 1. The number of anilines is 1. The normalized spacial score (nSPS) is 15.0. The third-order valence-corrected chi connectivity index (χ3v) is 7.97. The first kappa shape index (κ1) is 39.5. The molecule has 1 aliphatic heterocycles. The molecule has 2 N–H and O–H groups in total. The Bertz CT molecular complexity index is 1510. The number of carboxylic acids is 1. The third kappa shape index (κ3) is 12.5. The number of carbonyl (C=O) groups excluding carboxylic acids is 4. The summed E-state index contributed by atoms with van der Waals surface area (Å²) in [6.07, 6.45) is 5.32. The maximum atomic E-state index is 13.8. The van der Waals surface area contributed by atoms with Crippen LogP contribution in [0.2, 0.25) is 0 Å². The van der Waals surface area contributed by atoms with Crippen molar-refractivity contribution >= 4 is 35.4 Å². The molecule has 2 aromatic rings. The largest absolute Gasteiger partial charge is 0.493 e. The number of benzene rings is 1. The number of ether oxygens (including phenoxy) is 5. The minimum atomic E-state index is -1.09. The number of aryl methyl sites for hydroxylation is 1. The van der Waals surface area contributed by atoms with Gasteiger partial charge in [0.05, 0.1) is 45.7 Å². The molecule has 1 fully saturated rings. The number of nitrogens with one attached hydrogen (secondary N) is 1. The fourth-order valence-corrected chi connectivity index (χ4v) is 5.33. The minimum absolute atomic E-state index is 0.0808. The van der Waals surface area contributed by atoms with Gasteiger partial charge in [0, 0.05) is 36.2 Å². The molecule has 0 unspecified atom stereocenters. The number of hydrogen-bond acceptors (Lipinski definition) is 11. The number of rotatable bonds is 19. The highest BCUT2D eigenvalue weighted by Crippen LogP contribution is 2.31. The first-order valence-electron chi connectivity index (χ1n) is 16.4. The number of likely N-dealkylation sites (tertiary alicyclic amines) is 1. The molecule has 0 aliphatic carbocycles. The Morgan fingerprint density at radius 1 is 1.06 bits per heavy atom. The molecular formula is C36H47N3O11. The van der Waals surface area contributed by atoms with Gasteiger partial charge < -0.3 is 39.0 Å². The molecule has 0 bridgehead atoms. The fraction of sp³-hybridized carbons (Fsp3) is 0.500. The van der Waals surface area contributed by atoms with Crippen molar-refractivity contribution in [1.29, 1.82) is 0 Å². The topological polar surface area (TPSA) is 180 Å². The van der Waals surface area contributed by atoms with E-state index < -0.39 is 41.4 Å². The van der Waals surface area contributed by atoms with E-state index in [1.54, 1.807) is 19.2 Å². The molecule has 14 heteroatoms. The van der Waals surface area contributed by atoms with E-state index in [0.717, 1.165) is 24.5 Å². The number of hydrogen-bond donors (Lipinski definition) is 2. The summed E-state index contributed by atoms with van der Waals surface area (Å²) in [5, 5.41) is 11.6. The molecule has 0 saturated carbocycles. The van der Waals surface area contributed by atoms with Crippen molar-refractivity contribution in [1.82, 2.24) is 9.88 Å². The quantitative estimate of drug-likeness (QED) is 0.158. The van der Waals surface area contributed by atoms with E-state index in [1.165, 1.54) is 24.4 Å². The lowest BCUT2D eigenvalue weighted by molar-refractivity contribution is -0.163. The number of esters is 2. The van der Waals surface area contributed by atoms with Gasteiger partial charge in [0.15, 0.2) is 11.5 Å². The Morgan fingerprint density at radius 2 is 1.82 bits per heavy atom. The second-order valence-corrected chi connectivity index (χ2v) is 12.7. The molecule has 3 rings (SSSR count). The van der Waals surface area contributed by atoms with E-state index in [0.29, 0.717) is 48.6 Å². The van der Waals surface area contributed by atoms with Gasteiger partial charge in [-0.15, -0.1) is 0 Å². The molecule has 0 spiro atoms. The smallest absolute Gasteiger partial charge is 0.330 e. The molecule has 1 aromatic carbocycles. The number of amides is 2. The number of carboxylic acid groups (broad SMARTS) is 1. The monoisotopic (exact) mass is 697 g/mol. The Balaban J connectivity index is 1.76. The van der Waals surface area contributed by atoms with Crippen molar-refractivity contribution < 1.29 is 52.8 Å². The van der Waals surface area contributed by atoms with Crippen molar-refractivity contribution in [3.63, 3.8) is 0 Å². The van der Waals surface area contributed by atoms with Crippen LogP contribution in [0, 0.1) is 5.41 Å². The average molecular weight is 698 g/mol. The van der Waals surface area contributed by atoms with Crippen LogP contribution >= 0.6 is 0 Å². The predicted octanol–water partition coefficient (Wildman–Crippen LogP) is 4.27. The van der Waals surface area contributed by atoms with Crippen molar-refractivity contribution in [2.24, 2.45) is 5.41 Å². The molecule has 2 atom stereocenters. The van der Waals surface area contributed by atoms with E-state index >= 15 is 0 Å². The highest BCUT2D eigenvalue weighted by Gasteiger charge is 2.35. The molecule has 14 nitrogen and oxygen atoms in total. The second-order valence-electron chi connectivity index (χ2n) is 12.7. The summed E-state index contributed by atoms with van der Waals surface area (Å²) in [5.74, 6) is -1.96. The summed E-state index contributed by atoms with van der Waals surface area (Å²) in [6.45, 7) is 7.36. The number of aliphatic carboxylic acids is 1. The molecule has 2 amide bonds. The van der Waals surface area contributed by atoms with Crippen LogP contribution in [0.15, 0.2) is 49.3 Å². The summed E-state index contributed by atoms with van der Waals surface area (Å²) in [4.78, 5) is 67.5. The molecule has 1 saturated heterocycles. The Hall–Kier alpha value is -4.98. The van der Waals surface area contributed by atoms with E-state index in [2.05, 4.69) is 16.9 Å². The first-order chi connectivity index (χ1) is 23.8. The number of carbonyl (C=O) groups is 5. The summed E-state index contributed by atoms with van der Waals surface area (Å²) >= 11 is 0. The fourth-order valence-electron chi connectivity index (χ4n) is 5.33. The van der Waals surface area contributed by atoms with Crippen LogP contribution in [0.1, 0.15) is 69.6 Å². The predicted molar refractivity (Wildman–Crippen MR) is 182 cm³/mol. The second kappa shape index (κ2) is 19.3. The van der Waals surface area contributed by atoms with Crippen molar-refractivity contribution in [2.75, 3.05) is 45.9 Å². The van der Waals surface area contributed by atoms with Crippen LogP contribution < -0.4 is 14.8 Å². The van der Waals surface area contributed by atoms with E-state index in [4.69, 9.17) is 28.8 Å². The lowest BCUT2D eigenvalue weighted by Crippen LogP contribution is -2.50. The molecule has 1 aliphatic rings. The van der Waals surface area contributed by atoms with Crippen LogP contribution in [0.25, 0.3) is 0 Å². The molecule has 272 valence electrons. The lowest BCUT2D eigenvalue weighted by atomic mass is 9.96. The van der Waals surface area contributed by atoms with Crippen LogP contribution in [0.5, 0.6) is 11.5 Å². The minimum Gasteiger partial charge on any atom is -0.493 e. The Kier molecular flexibility index (Phi) is 15.2. The maximum Gasteiger partial charge on any atom is 0.330 e. The first-order valence-corrected chi connectivity index (χ1v) is 16.4. The molecule has 0 radical (unpaired) electrons. The van der Waals surface area contributed by atoms with E-state index in [-0.39, 0.29) is 38.6 Å². The zero-order valence-electron chi connectivity index (χ0n) is 29.1. The highest BCUT2D eigenvalue weighted by atomic mass is 16.5. The van der Waals surface area contributed by atoms with Gasteiger partial charge in [-0.25, -0.2) is 9.59 Å². The Labute approximate surface area is 292 Å². The maximum absolute atomic E-state index is 13.8. The van der Waals surface area contributed by atoms with Crippen LogP contribution in [0.4, 0.5) is 5.69 Å². The van der Waals surface area contributed by atoms with Gasteiger partial charge in [-0.2, -0.15) is 0 Å². The summed E-state index contributed by atoms with van der Waals surface area (Å²) in [6, 6.07) is 6.29. The molecular weight excluding hydrogens is 650 g/mol. The summed E-state index contributed by atoms with van der Waals surface area (Å²) < 4.78 is 27.7. The van der Waals surface area contributed by atoms with Gasteiger partial charge in [-0.1, -0.05) is 26.5 Å². The number of nitrogens with zero attached hydrogens (tertiary/aromatic N) is 2. The molecule has 1 aromatic heterocycles. The number of aromatic nitrogens is 1. The Morgan fingerprint density at radius 3 is 2.52 bits per heavy atom. The summed E-state index contributed by atoms with van der Waals surface area (Å²) in [7, 11) is 3.09. The van der Waals surface area contributed by atoms with Gasteiger partial charge in [0.2, 0.25) is 11.8 Å². The van der Waals surface area contributed by atoms with Gasteiger partial charge in [-0.05, 0) is 55.9 Å². The van der Waals surface area contributed by atoms with Crippen molar-refractivity contribution in [3.8, 4) is 11.5 Å². The standard InChI is InChI=1S/C36H47N3O11/c1-6-34(44)49-23-36(2,3)22-48-21-32(41)39-16-8-7-9-27(39)35(45)50-28(12-10-24-11-13-29(46-4)30(17-24)47-5)25-18-26(20-37-19-25)38-31(40)14-15-33(42)43/h6,11,13,17-20,27-28H,1,7-10,12,14-16,21-23H2,2-5H3,(H,38,40)(H,42,43)/t27-,28+/m0/s1. The molecule has 50 heavy (non-hydrogen) atoms. The number of piperidine rings is 1. The van der Waals surface area contributed by atoms with Crippen LogP contribution in [-0.4, -0.2) is 91.3 Å². The number of methoxy groups -OCH3 is 2. The van der Waals surface area contributed by atoms with E-state index in [1.807, 2.05) is 26.0 Å². The van der Waals surface area contributed by atoms with E-state index in [9.17, 15) is 24.0 Å².